The van der Waals surface area contributed by atoms with Gasteiger partial charge >= 0.3 is 0 Å². The monoisotopic (exact) mass is 287 g/mol. The topological polar surface area (TPSA) is 72.2 Å². The molecule has 0 aliphatic carbocycles. The van der Waals surface area contributed by atoms with E-state index in [2.05, 4.69) is 20.4 Å². The van der Waals surface area contributed by atoms with Crippen LogP contribution in [0, 0.1) is 6.92 Å². The molecule has 1 atom stereocenters. The van der Waals surface area contributed by atoms with E-state index in [1.165, 1.54) is 21.9 Å². The number of nitrogens with zero attached hydrogens (tertiary/aromatic N) is 4. The Kier molecular flexibility index (Phi) is 3.19. The van der Waals surface area contributed by atoms with Crippen LogP contribution in [0.15, 0.2) is 35.3 Å². The Labute approximate surface area is 119 Å². The van der Waals surface area contributed by atoms with Crippen LogP contribution in [0.5, 0.6) is 0 Å². The van der Waals surface area contributed by atoms with Crippen LogP contribution in [0.2, 0.25) is 0 Å². The summed E-state index contributed by atoms with van der Waals surface area (Å²) in [5.74, 6) is 0. The summed E-state index contributed by atoms with van der Waals surface area (Å²) in [5.41, 5.74) is 1.45. The lowest BCUT2D eigenvalue weighted by atomic mass is 10.2. The van der Waals surface area contributed by atoms with E-state index >= 15 is 0 Å². The van der Waals surface area contributed by atoms with Crippen molar-refractivity contribution in [2.24, 2.45) is 0 Å². The zero-order valence-electron chi connectivity index (χ0n) is 11.1. The molecule has 1 N–H and O–H groups in total. The molecule has 3 aromatic rings. The maximum atomic E-state index is 11.8. The van der Waals surface area contributed by atoms with Crippen LogP contribution in [0.3, 0.4) is 0 Å². The lowest BCUT2D eigenvalue weighted by Gasteiger charge is -2.10. The number of hydrogen-bond donors (Lipinski definition) is 1. The first-order chi connectivity index (χ1) is 9.63. The van der Waals surface area contributed by atoms with Gasteiger partial charge in [-0.2, -0.15) is 4.52 Å². The van der Waals surface area contributed by atoms with E-state index in [0.717, 1.165) is 5.69 Å². The van der Waals surface area contributed by atoms with Crippen molar-refractivity contribution in [3.8, 4) is 0 Å². The molecular weight excluding hydrogens is 274 g/mol. The first-order valence-corrected chi connectivity index (χ1v) is 7.00. The molecule has 1 unspecified atom stereocenters. The number of pyridine rings is 1. The second kappa shape index (κ2) is 5.01. The second-order valence-corrected chi connectivity index (χ2v) is 5.41. The molecule has 0 amide bonds. The molecule has 0 saturated heterocycles. The van der Waals surface area contributed by atoms with Crippen molar-refractivity contribution in [3.63, 3.8) is 0 Å². The van der Waals surface area contributed by atoms with Crippen LogP contribution in [0.25, 0.3) is 4.96 Å². The van der Waals surface area contributed by atoms with Crippen LogP contribution >= 0.6 is 11.3 Å². The molecule has 0 saturated carbocycles. The third-order valence-corrected chi connectivity index (χ3v) is 3.68. The van der Waals surface area contributed by atoms with E-state index in [9.17, 15) is 4.79 Å². The van der Waals surface area contributed by atoms with Gasteiger partial charge in [-0.1, -0.05) is 17.4 Å². The van der Waals surface area contributed by atoms with Crippen LogP contribution in [0.1, 0.15) is 24.4 Å². The second-order valence-electron chi connectivity index (χ2n) is 4.46. The lowest BCUT2D eigenvalue weighted by Crippen LogP contribution is -2.15. The fraction of sp³-hybridized carbons (Fsp3) is 0.231. The van der Waals surface area contributed by atoms with Gasteiger partial charge in [-0.15, -0.1) is 5.10 Å². The van der Waals surface area contributed by atoms with E-state index in [-0.39, 0.29) is 11.6 Å². The van der Waals surface area contributed by atoms with Gasteiger partial charge in [0.1, 0.15) is 0 Å². The molecule has 0 bridgehead atoms. The lowest BCUT2D eigenvalue weighted by molar-refractivity contribution is 0.818. The standard InChI is InChI=1S/C13H13N5OS/c1-8-7-11(19)18-13(15-8)20-12(17-18)16-9(2)10-5-3-4-6-14-10/h3-7,9H,1-2H3,(H,16,17). The molecule has 102 valence electrons. The minimum Gasteiger partial charge on any atom is -0.352 e. The van der Waals surface area contributed by atoms with Gasteiger partial charge < -0.3 is 5.32 Å². The summed E-state index contributed by atoms with van der Waals surface area (Å²) in [4.78, 5) is 21.0. The molecule has 20 heavy (non-hydrogen) atoms. The highest BCUT2D eigenvalue weighted by molar-refractivity contribution is 7.20. The molecule has 0 radical (unpaired) electrons. The number of aromatic nitrogens is 4. The quantitative estimate of drug-likeness (QED) is 0.798. The summed E-state index contributed by atoms with van der Waals surface area (Å²) in [6.07, 6.45) is 1.75. The van der Waals surface area contributed by atoms with Crippen molar-refractivity contribution in [2.75, 3.05) is 5.32 Å². The summed E-state index contributed by atoms with van der Waals surface area (Å²) < 4.78 is 1.31. The van der Waals surface area contributed by atoms with Crippen molar-refractivity contribution >= 4 is 21.4 Å². The Bertz CT molecular complexity index is 795. The van der Waals surface area contributed by atoms with Gasteiger partial charge in [-0.3, -0.25) is 9.78 Å². The Balaban J connectivity index is 1.92. The summed E-state index contributed by atoms with van der Waals surface area (Å²) in [6, 6.07) is 7.24. The van der Waals surface area contributed by atoms with Gasteiger partial charge in [0.15, 0.2) is 0 Å². The number of aryl methyl sites for hydroxylation is 1. The summed E-state index contributed by atoms with van der Waals surface area (Å²) >= 11 is 1.35. The zero-order chi connectivity index (χ0) is 14.1. The molecular formula is C13H13N5OS. The fourth-order valence-electron chi connectivity index (χ4n) is 1.87. The predicted octanol–water partition coefficient (Wildman–Crippen LogP) is 2.03. The summed E-state index contributed by atoms with van der Waals surface area (Å²) in [7, 11) is 0. The molecule has 3 heterocycles. The third kappa shape index (κ3) is 2.39. The van der Waals surface area contributed by atoms with Gasteiger partial charge in [0.25, 0.3) is 5.56 Å². The van der Waals surface area contributed by atoms with Crippen molar-refractivity contribution in [3.05, 3.63) is 52.2 Å². The molecule has 0 aliphatic rings. The predicted molar refractivity (Wildman–Crippen MR) is 78.1 cm³/mol. The maximum absolute atomic E-state index is 11.8. The molecule has 0 spiro atoms. The SMILES string of the molecule is Cc1cc(=O)n2nc(NC(C)c3ccccn3)sc2n1. The molecule has 0 aliphatic heterocycles. The highest BCUT2D eigenvalue weighted by Crippen LogP contribution is 2.21. The highest BCUT2D eigenvalue weighted by atomic mass is 32.1. The first-order valence-electron chi connectivity index (χ1n) is 6.18. The van der Waals surface area contributed by atoms with Crippen molar-refractivity contribution in [1.82, 2.24) is 19.6 Å². The fourth-order valence-corrected chi connectivity index (χ4v) is 2.81. The van der Waals surface area contributed by atoms with E-state index in [1.54, 1.807) is 13.1 Å². The van der Waals surface area contributed by atoms with Crippen LogP contribution < -0.4 is 10.9 Å². The van der Waals surface area contributed by atoms with Crippen molar-refractivity contribution < 1.29 is 0 Å². The third-order valence-electron chi connectivity index (χ3n) is 2.84. The number of nitrogens with one attached hydrogen (secondary N) is 1. The van der Waals surface area contributed by atoms with E-state index in [1.807, 2.05) is 25.1 Å². The smallest absolute Gasteiger partial charge is 0.275 e. The van der Waals surface area contributed by atoms with E-state index in [4.69, 9.17) is 0 Å². The number of hydrogen-bond acceptors (Lipinski definition) is 6. The van der Waals surface area contributed by atoms with E-state index in [0.29, 0.717) is 15.8 Å². The first kappa shape index (κ1) is 12.7. The van der Waals surface area contributed by atoms with Crippen molar-refractivity contribution in [2.45, 2.75) is 19.9 Å². The van der Waals surface area contributed by atoms with Crippen molar-refractivity contribution in [1.29, 1.82) is 0 Å². The average molecular weight is 287 g/mol. The number of anilines is 1. The Hall–Kier alpha value is -2.28. The number of fused-ring (bicyclic) bond motifs is 1. The summed E-state index contributed by atoms with van der Waals surface area (Å²) in [5, 5.41) is 8.13. The minimum absolute atomic E-state index is 0.00793. The van der Waals surface area contributed by atoms with Gasteiger partial charge in [0.2, 0.25) is 10.1 Å². The molecule has 7 heteroatoms. The molecule has 0 fully saturated rings. The van der Waals surface area contributed by atoms with Gasteiger partial charge in [-0.05, 0) is 26.0 Å². The molecule has 0 aromatic carbocycles. The minimum atomic E-state index is -0.165. The maximum Gasteiger partial charge on any atom is 0.275 e. The van der Waals surface area contributed by atoms with Crippen LogP contribution in [0.4, 0.5) is 5.13 Å². The Morgan fingerprint density at radius 1 is 1.40 bits per heavy atom. The van der Waals surface area contributed by atoms with Crippen LogP contribution in [-0.4, -0.2) is 19.6 Å². The van der Waals surface area contributed by atoms with Gasteiger partial charge in [-0.25, -0.2) is 4.98 Å². The molecule has 3 rings (SSSR count). The highest BCUT2D eigenvalue weighted by Gasteiger charge is 2.11. The zero-order valence-corrected chi connectivity index (χ0v) is 11.9. The van der Waals surface area contributed by atoms with Gasteiger partial charge in [0.05, 0.1) is 11.7 Å². The van der Waals surface area contributed by atoms with Gasteiger partial charge in [0, 0.05) is 18.0 Å². The summed E-state index contributed by atoms with van der Waals surface area (Å²) in [6.45, 7) is 3.79. The Morgan fingerprint density at radius 2 is 2.25 bits per heavy atom. The molecule has 6 nitrogen and oxygen atoms in total. The Morgan fingerprint density at radius 3 is 3.00 bits per heavy atom. The molecule has 3 aromatic heterocycles. The number of rotatable bonds is 3. The largest absolute Gasteiger partial charge is 0.352 e. The average Bonchev–Trinajstić information content (AvgIpc) is 2.82. The normalized spacial score (nSPS) is 12.5. The van der Waals surface area contributed by atoms with E-state index < -0.39 is 0 Å². The van der Waals surface area contributed by atoms with Crippen LogP contribution in [-0.2, 0) is 0 Å².